The van der Waals surface area contributed by atoms with E-state index in [1.807, 2.05) is 0 Å². The molecule has 6 heteroatoms. The van der Waals surface area contributed by atoms with Crippen LogP contribution in [-0.4, -0.2) is 48.9 Å². The van der Waals surface area contributed by atoms with Gasteiger partial charge in [0.15, 0.2) is 0 Å². The molecule has 1 aromatic carbocycles. The molecular formula is C20H26N2O4. The SMILES string of the molecule is COCCCN1C(=O)c2ccc(C(=O)N[C@@H]3CCCC[C@@H]3C)cc2C1=O. The Bertz CT molecular complexity index is 716. The Morgan fingerprint density at radius 1 is 1.19 bits per heavy atom. The van der Waals surface area contributed by atoms with Crippen LogP contribution < -0.4 is 5.32 Å². The van der Waals surface area contributed by atoms with Crippen LogP contribution in [0.2, 0.25) is 0 Å². The van der Waals surface area contributed by atoms with Crippen molar-refractivity contribution in [1.82, 2.24) is 10.2 Å². The molecule has 140 valence electrons. The van der Waals surface area contributed by atoms with Gasteiger partial charge >= 0.3 is 0 Å². The maximum absolute atomic E-state index is 12.6. The smallest absolute Gasteiger partial charge is 0.261 e. The summed E-state index contributed by atoms with van der Waals surface area (Å²) >= 11 is 0. The van der Waals surface area contributed by atoms with Crippen LogP contribution in [0.25, 0.3) is 0 Å². The lowest BCUT2D eigenvalue weighted by atomic mass is 9.86. The summed E-state index contributed by atoms with van der Waals surface area (Å²) in [5.41, 5.74) is 1.12. The fourth-order valence-electron chi connectivity index (χ4n) is 3.78. The number of methoxy groups -OCH3 is 1. The number of nitrogens with one attached hydrogen (secondary N) is 1. The summed E-state index contributed by atoms with van der Waals surface area (Å²) in [6.45, 7) is 2.97. The average molecular weight is 358 g/mol. The number of nitrogens with zero attached hydrogens (tertiary/aromatic N) is 1. The standard InChI is InChI=1S/C20H26N2O4/c1-13-6-3-4-7-17(13)21-18(23)14-8-9-15-16(12-14)20(25)22(19(15)24)10-5-11-26-2/h8-9,12-13,17H,3-7,10-11H2,1-2H3,(H,21,23)/t13-,17+/m0/s1. The summed E-state index contributed by atoms with van der Waals surface area (Å²) in [5, 5.41) is 3.09. The van der Waals surface area contributed by atoms with E-state index in [1.165, 1.54) is 11.3 Å². The van der Waals surface area contributed by atoms with Gasteiger partial charge in [0.2, 0.25) is 0 Å². The number of amides is 3. The first-order valence-corrected chi connectivity index (χ1v) is 9.33. The van der Waals surface area contributed by atoms with Crippen molar-refractivity contribution >= 4 is 17.7 Å². The second-order valence-corrected chi connectivity index (χ2v) is 7.21. The van der Waals surface area contributed by atoms with Crippen molar-refractivity contribution in [2.75, 3.05) is 20.3 Å². The minimum absolute atomic E-state index is 0.174. The predicted octanol–water partition coefficient (Wildman–Crippen LogP) is 2.63. The molecule has 0 bridgehead atoms. The first-order chi connectivity index (χ1) is 12.5. The number of hydrogen-bond acceptors (Lipinski definition) is 4. The molecule has 1 N–H and O–H groups in total. The van der Waals surface area contributed by atoms with E-state index in [0.717, 1.165) is 19.3 Å². The molecule has 2 aliphatic rings. The normalized spacial score (nSPS) is 22.5. The van der Waals surface area contributed by atoms with Gasteiger partial charge in [0.05, 0.1) is 11.1 Å². The third-order valence-corrected chi connectivity index (χ3v) is 5.39. The highest BCUT2D eigenvalue weighted by Crippen LogP contribution is 2.26. The van der Waals surface area contributed by atoms with Gasteiger partial charge in [-0.25, -0.2) is 0 Å². The third-order valence-electron chi connectivity index (χ3n) is 5.39. The molecule has 0 spiro atoms. The molecule has 0 radical (unpaired) electrons. The topological polar surface area (TPSA) is 75.7 Å². The average Bonchev–Trinajstić information content (AvgIpc) is 2.88. The minimum Gasteiger partial charge on any atom is -0.385 e. The van der Waals surface area contributed by atoms with Gasteiger partial charge in [-0.2, -0.15) is 0 Å². The van der Waals surface area contributed by atoms with Crippen molar-refractivity contribution in [3.8, 4) is 0 Å². The van der Waals surface area contributed by atoms with Crippen LogP contribution in [0.4, 0.5) is 0 Å². The molecule has 26 heavy (non-hydrogen) atoms. The summed E-state index contributed by atoms with van der Waals surface area (Å²) < 4.78 is 4.98. The van der Waals surface area contributed by atoms with Crippen LogP contribution in [0, 0.1) is 5.92 Å². The lowest BCUT2D eigenvalue weighted by Gasteiger charge is -2.29. The highest BCUT2D eigenvalue weighted by atomic mass is 16.5. The molecule has 0 saturated heterocycles. The summed E-state index contributed by atoms with van der Waals surface area (Å²) in [6.07, 6.45) is 5.04. The van der Waals surface area contributed by atoms with E-state index in [9.17, 15) is 14.4 Å². The summed E-state index contributed by atoms with van der Waals surface area (Å²) in [4.78, 5) is 38.8. The van der Waals surface area contributed by atoms with E-state index in [0.29, 0.717) is 42.2 Å². The number of imide groups is 1. The third kappa shape index (κ3) is 3.65. The van der Waals surface area contributed by atoms with Crippen LogP contribution in [0.5, 0.6) is 0 Å². The molecule has 1 aliphatic carbocycles. The lowest BCUT2D eigenvalue weighted by Crippen LogP contribution is -2.41. The maximum Gasteiger partial charge on any atom is 0.261 e. The molecule has 1 heterocycles. The lowest BCUT2D eigenvalue weighted by molar-refractivity contribution is 0.0638. The molecule has 3 rings (SSSR count). The van der Waals surface area contributed by atoms with Gasteiger partial charge in [0.25, 0.3) is 17.7 Å². The molecule has 1 fully saturated rings. The van der Waals surface area contributed by atoms with Gasteiger partial charge < -0.3 is 10.1 Å². The predicted molar refractivity (Wildman–Crippen MR) is 97.2 cm³/mol. The summed E-state index contributed by atoms with van der Waals surface area (Å²) in [6, 6.07) is 4.94. The zero-order chi connectivity index (χ0) is 18.7. The minimum atomic E-state index is -0.332. The van der Waals surface area contributed by atoms with Crippen molar-refractivity contribution < 1.29 is 19.1 Å². The van der Waals surface area contributed by atoms with Crippen molar-refractivity contribution in [2.45, 2.75) is 45.1 Å². The Morgan fingerprint density at radius 2 is 1.92 bits per heavy atom. The maximum atomic E-state index is 12.6. The monoisotopic (exact) mass is 358 g/mol. The van der Waals surface area contributed by atoms with Crippen LogP contribution in [-0.2, 0) is 4.74 Å². The zero-order valence-corrected chi connectivity index (χ0v) is 15.4. The fraction of sp³-hybridized carbons (Fsp3) is 0.550. The number of rotatable bonds is 6. The van der Waals surface area contributed by atoms with Gasteiger partial charge in [-0.3, -0.25) is 19.3 Å². The first kappa shape index (κ1) is 18.6. The largest absolute Gasteiger partial charge is 0.385 e. The molecule has 1 aliphatic heterocycles. The van der Waals surface area contributed by atoms with Crippen LogP contribution in [0.15, 0.2) is 18.2 Å². The number of carbonyl (C=O) groups is 3. The highest BCUT2D eigenvalue weighted by molar-refractivity contribution is 6.22. The Kier molecular flexibility index (Phi) is 5.71. The first-order valence-electron chi connectivity index (χ1n) is 9.33. The summed E-state index contributed by atoms with van der Waals surface area (Å²) in [7, 11) is 1.58. The number of fused-ring (bicyclic) bond motifs is 1. The van der Waals surface area contributed by atoms with E-state index in [4.69, 9.17) is 4.74 Å². The number of carbonyl (C=O) groups excluding carboxylic acids is 3. The number of hydrogen-bond donors (Lipinski definition) is 1. The van der Waals surface area contributed by atoms with Gasteiger partial charge in [0.1, 0.15) is 0 Å². The second-order valence-electron chi connectivity index (χ2n) is 7.21. The van der Waals surface area contributed by atoms with Crippen molar-refractivity contribution in [2.24, 2.45) is 5.92 Å². The van der Waals surface area contributed by atoms with Crippen molar-refractivity contribution in [3.05, 3.63) is 34.9 Å². The van der Waals surface area contributed by atoms with E-state index < -0.39 is 0 Å². The molecule has 1 aromatic rings. The number of ether oxygens (including phenoxy) is 1. The second kappa shape index (κ2) is 7.99. The molecule has 3 amide bonds. The molecule has 6 nitrogen and oxygen atoms in total. The van der Waals surface area contributed by atoms with Crippen LogP contribution in [0.3, 0.4) is 0 Å². The Labute approximate surface area is 153 Å². The highest BCUT2D eigenvalue weighted by Gasteiger charge is 2.35. The van der Waals surface area contributed by atoms with Gasteiger partial charge in [-0.1, -0.05) is 19.8 Å². The Morgan fingerprint density at radius 3 is 2.65 bits per heavy atom. The fourth-order valence-corrected chi connectivity index (χ4v) is 3.78. The molecule has 0 aromatic heterocycles. The van der Waals surface area contributed by atoms with Crippen LogP contribution >= 0.6 is 0 Å². The van der Waals surface area contributed by atoms with E-state index in [2.05, 4.69) is 12.2 Å². The van der Waals surface area contributed by atoms with Crippen molar-refractivity contribution in [3.63, 3.8) is 0 Å². The zero-order valence-electron chi connectivity index (χ0n) is 15.4. The molecule has 1 saturated carbocycles. The summed E-state index contributed by atoms with van der Waals surface area (Å²) in [5.74, 6) is -0.345. The van der Waals surface area contributed by atoms with E-state index in [-0.39, 0.29) is 23.8 Å². The van der Waals surface area contributed by atoms with Crippen molar-refractivity contribution in [1.29, 1.82) is 0 Å². The Balaban J connectivity index is 1.72. The number of benzene rings is 1. The van der Waals surface area contributed by atoms with Gasteiger partial charge in [-0.05, 0) is 43.4 Å². The van der Waals surface area contributed by atoms with E-state index in [1.54, 1.807) is 25.3 Å². The molecule has 0 unspecified atom stereocenters. The quantitative estimate of drug-likeness (QED) is 0.626. The molecular weight excluding hydrogens is 332 g/mol. The van der Waals surface area contributed by atoms with Gasteiger partial charge in [0, 0.05) is 31.9 Å². The van der Waals surface area contributed by atoms with Crippen LogP contribution in [0.1, 0.15) is 70.1 Å². The molecule has 2 atom stereocenters. The van der Waals surface area contributed by atoms with Gasteiger partial charge in [-0.15, -0.1) is 0 Å². The van der Waals surface area contributed by atoms with E-state index >= 15 is 0 Å². The Hall–Kier alpha value is -2.21.